The molecule has 2 amide bonds. The second-order valence-corrected chi connectivity index (χ2v) is 9.49. The molecule has 5 rings (SSSR count). The van der Waals surface area contributed by atoms with Crippen LogP contribution in [0.2, 0.25) is 0 Å². The lowest BCUT2D eigenvalue weighted by Gasteiger charge is -2.32. The fourth-order valence-corrected chi connectivity index (χ4v) is 6.04. The Bertz CT molecular complexity index is 1060. The van der Waals surface area contributed by atoms with Gasteiger partial charge < -0.3 is 14.8 Å². The molecule has 2 aliphatic rings. The topological polar surface area (TPSA) is 54.3 Å². The van der Waals surface area contributed by atoms with E-state index in [9.17, 15) is 9.59 Å². The highest BCUT2D eigenvalue weighted by molar-refractivity contribution is 7.15. The second-order valence-electron chi connectivity index (χ2n) is 8.40. The molecule has 1 aliphatic carbocycles. The first-order valence-electron chi connectivity index (χ1n) is 11.1. The molecule has 1 aromatic carbocycles. The normalized spacial score (nSPS) is 16.7. The number of anilines is 1. The van der Waals surface area contributed by atoms with Crippen LogP contribution in [-0.2, 0) is 17.6 Å². The standard InChI is InChI=1S/C25H27N3O2S/c29-23(26-19-8-2-1-3-9-19)18-12-16-27(17-13-18)24(30)22-20-10-4-5-11-21(20)31-25(22)28-14-6-7-15-28/h1-3,6-9,14-15,18H,4-5,10-13,16-17H2,(H,26,29). The van der Waals surface area contributed by atoms with Crippen LogP contribution in [-0.4, -0.2) is 34.4 Å². The van der Waals surface area contributed by atoms with Crippen molar-refractivity contribution in [2.24, 2.45) is 5.92 Å². The number of aromatic nitrogens is 1. The van der Waals surface area contributed by atoms with Gasteiger partial charge in [-0.25, -0.2) is 0 Å². The van der Waals surface area contributed by atoms with Crippen LogP contribution in [0.3, 0.4) is 0 Å². The molecule has 1 fully saturated rings. The average molecular weight is 434 g/mol. The van der Waals surface area contributed by atoms with Gasteiger partial charge in [0.05, 0.1) is 5.56 Å². The van der Waals surface area contributed by atoms with E-state index >= 15 is 0 Å². The van der Waals surface area contributed by atoms with Gasteiger partial charge in [0.2, 0.25) is 5.91 Å². The van der Waals surface area contributed by atoms with E-state index in [0.29, 0.717) is 25.9 Å². The van der Waals surface area contributed by atoms with Gasteiger partial charge in [0.25, 0.3) is 5.91 Å². The molecule has 0 bridgehead atoms. The number of hydrogen-bond acceptors (Lipinski definition) is 3. The molecule has 3 heterocycles. The zero-order valence-corrected chi connectivity index (χ0v) is 18.4. The Morgan fingerprint density at radius 3 is 2.39 bits per heavy atom. The minimum absolute atomic E-state index is 0.0513. The number of fused-ring (bicyclic) bond motifs is 1. The third-order valence-electron chi connectivity index (χ3n) is 6.40. The number of amides is 2. The van der Waals surface area contributed by atoms with Crippen LogP contribution in [0, 0.1) is 5.92 Å². The smallest absolute Gasteiger partial charge is 0.257 e. The zero-order chi connectivity index (χ0) is 21.2. The Kier molecular flexibility index (Phi) is 5.64. The van der Waals surface area contributed by atoms with Gasteiger partial charge in [-0.05, 0) is 68.4 Å². The molecule has 0 unspecified atom stereocenters. The van der Waals surface area contributed by atoms with E-state index in [2.05, 4.69) is 9.88 Å². The first-order valence-corrected chi connectivity index (χ1v) is 12.0. The first kappa shape index (κ1) is 20.1. The maximum atomic E-state index is 13.6. The summed E-state index contributed by atoms with van der Waals surface area (Å²) >= 11 is 1.77. The maximum absolute atomic E-state index is 13.6. The molecule has 31 heavy (non-hydrogen) atoms. The van der Waals surface area contributed by atoms with E-state index in [1.165, 1.54) is 16.9 Å². The molecule has 1 N–H and O–H groups in total. The summed E-state index contributed by atoms with van der Waals surface area (Å²) in [5.41, 5.74) is 2.98. The second kappa shape index (κ2) is 8.71. The zero-order valence-electron chi connectivity index (χ0n) is 17.5. The Hall–Kier alpha value is -2.86. The van der Waals surface area contributed by atoms with Crippen molar-refractivity contribution in [1.29, 1.82) is 0 Å². The van der Waals surface area contributed by atoms with Crippen LogP contribution in [0.5, 0.6) is 0 Å². The molecular weight excluding hydrogens is 406 g/mol. The summed E-state index contributed by atoms with van der Waals surface area (Å²) in [5, 5.41) is 4.05. The number of thiophene rings is 1. The number of carbonyl (C=O) groups is 2. The van der Waals surface area contributed by atoms with Gasteiger partial charge in [0.15, 0.2) is 0 Å². The lowest BCUT2D eigenvalue weighted by molar-refractivity contribution is -0.121. The summed E-state index contributed by atoms with van der Waals surface area (Å²) in [5.74, 6) is 0.133. The van der Waals surface area contributed by atoms with Crippen LogP contribution in [0.15, 0.2) is 54.9 Å². The summed E-state index contributed by atoms with van der Waals surface area (Å²) in [6, 6.07) is 13.6. The molecule has 5 nitrogen and oxygen atoms in total. The molecule has 1 saturated heterocycles. The van der Waals surface area contributed by atoms with Gasteiger partial charge in [-0.2, -0.15) is 0 Å². The number of hydrogen-bond donors (Lipinski definition) is 1. The molecular formula is C25H27N3O2S. The number of aryl methyl sites for hydroxylation is 1. The van der Waals surface area contributed by atoms with Crippen molar-refractivity contribution >= 4 is 28.8 Å². The quantitative estimate of drug-likeness (QED) is 0.636. The van der Waals surface area contributed by atoms with Crippen molar-refractivity contribution in [3.8, 4) is 5.00 Å². The Labute approximate surface area is 186 Å². The molecule has 0 saturated carbocycles. The summed E-state index contributed by atoms with van der Waals surface area (Å²) in [6.45, 7) is 1.25. The number of nitrogens with one attached hydrogen (secondary N) is 1. The predicted molar refractivity (Wildman–Crippen MR) is 124 cm³/mol. The third-order valence-corrected chi connectivity index (χ3v) is 7.71. The van der Waals surface area contributed by atoms with E-state index in [1.807, 2.05) is 59.8 Å². The van der Waals surface area contributed by atoms with Crippen LogP contribution in [0.25, 0.3) is 5.00 Å². The molecule has 0 spiro atoms. The lowest BCUT2D eigenvalue weighted by Crippen LogP contribution is -2.42. The van der Waals surface area contributed by atoms with Crippen molar-refractivity contribution in [2.75, 3.05) is 18.4 Å². The SMILES string of the molecule is O=C(Nc1ccccc1)C1CCN(C(=O)c2c(-n3cccc3)sc3c2CCCC3)CC1. The van der Waals surface area contributed by atoms with Gasteiger partial charge in [-0.1, -0.05) is 18.2 Å². The first-order chi connectivity index (χ1) is 15.2. The molecule has 160 valence electrons. The molecule has 0 atom stereocenters. The van der Waals surface area contributed by atoms with Gasteiger partial charge in [-0.15, -0.1) is 11.3 Å². The van der Waals surface area contributed by atoms with Crippen molar-refractivity contribution in [2.45, 2.75) is 38.5 Å². The fourth-order valence-electron chi connectivity index (χ4n) is 4.69. The molecule has 1 aliphatic heterocycles. The molecule has 3 aromatic rings. The van der Waals surface area contributed by atoms with Crippen LogP contribution in [0.4, 0.5) is 5.69 Å². The number of carbonyl (C=O) groups excluding carboxylic acids is 2. The number of nitrogens with zero attached hydrogens (tertiary/aromatic N) is 2. The van der Waals surface area contributed by atoms with E-state index in [-0.39, 0.29) is 17.7 Å². The van der Waals surface area contributed by atoms with Crippen molar-refractivity contribution in [3.63, 3.8) is 0 Å². The van der Waals surface area contributed by atoms with Gasteiger partial charge in [0, 0.05) is 42.0 Å². The number of likely N-dealkylation sites (tertiary alicyclic amines) is 1. The minimum Gasteiger partial charge on any atom is -0.338 e. The highest BCUT2D eigenvalue weighted by Gasteiger charge is 2.32. The fraction of sp³-hybridized carbons (Fsp3) is 0.360. The summed E-state index contributed by atoms with van der Waals surface area (Å²) < 4.78 is 2.08. The van der Waals surface area contributed by atoms with Crippen molar-refractivity contribution in [1.82, 2.24) is 9.47 Å². The Morgan fingerprint density at radius 2 is 1.65 bits per heavy atom. The number of rotatable bonds is 4. The number of piperidine rings is 1. The summed E-state index contributed by atoms with van der Waals surface area (Å²) in [7, 11) is 0. The lowest BCUT2D eigenvalue weighted by atomic mass is 9.93. The van der Waals surface area contributed by atoms with E-state index in [4.69, 9.17) is 0 Å². The molecule has 0 radical (unpaired) electrons. The van der Waals surface area contributed by atoms with Gasteiger partial charge in [-0.3, -0.25) is 9.59 Å². The van der Waals surface area contributed by atoms with Crippen LogP contribution in [0.1, 0.15) is 46.5 Å². The van der Waals surface area contributed by atoms with Crippen LogP contribution >= 0.6 is 11.3 Å². The van der Waals surface area contributed by atoms with E-state index < -0.39 is 0 Å². The Balaban J connectivity index is 1.31. The van der Waals surface area contributed by atoms with Gasteiger partial charge in [0.1, 0.15) is 5.00 Å². The predicted octanol–water partition coefficient (Wildman–Crippen LogP) is 4.91. The van der Waals surface area contributed by atoms with Crippen LogP contribution < -0.4 is 5.32 Å². The highest BCUT2D eigenvalue weighted by Crippen LogP contribution is 2.38. The van der Waals surface area contributed by atoms with E-state index in [0.717, 1.165) is 35.5 Å². The number of para-hydroxylation sites is 1. The van der Waals surface area contributed by atoms with Crippen molar-refractivity contribution in [3.05, 3.63) is 70.9 Å². The van der Waals surface area contributed by atoms with Gasteiger partial charge >= 0.3 is 0 Å². The summed E-state index contributed by atoms with van der Waals surface area (Å²) in [4.78, 5) is 29.6. The Morgan fingerprint density at radius 1 is 0.935 bits per heavy atom. The van der Waals surface area contributed by atoms with Crippen molar-refractivity contribution < 1.29 is 9.59 Å². The molecule has 6 heteroatoms. The maximum Gasteiger partial charge on any atom is 0.257 e. The number of benzene rings is 1. The largest absolute Gasteiger partial charge is 0.338 e. The molecule has 2 aromatic heterocycles. The van der Waals surface area contributed by atoms with E-state index in [1.54, 1.807) is 11.3 Å². The minimum atomic E-state index is -0.0513. The monoisotopic (exact) mass is 433 g/mol. The third kappa shape index (κ3) is 4.04. The highest BCUT2D eigenvalue weighted by atomic mass is 32.1. The summed E-state index contributed by atoms with van der Waals surface area (Å²) in [6.07, 6.45) is 9.87. The average Bonchev–Trinajstić information content (AvgIpc) is 3.47.